The van der Waals surface area contributed by atoms with Gasteiger partial charge < -0.3 is 9.88 Å². The molecule has 5 nitrogen and oxygen atoms in total. The molecule has 0 saturated heterocycles. The molecule has 102 valence electrons. The van der Waals surface area contributed by atoms with Gasteiger partial charge in [-0.05, 0) is 25.1 Å². The molecule has 0 radical (unpaired) electrons. The van der Waals surface area contributed by atoms with Gasteiger partial charge >= 0.3 is 4.87 Å². The molecule has 20 heavy (non-hydrogen) atoms. The van der Waals surface area contributed by atoms with Crippen LogP contribution in [0.3, 0.4) is 0 Å². The van der Waals surface area contributed by atoms with Crippen molar-refractivity contribution < 1.29 is 4.79 Å². The SMILES string of the molecule is Cc1csc(=O)n1CCC(=O)Nc1cccc(C#N)c1. The zero-order chi connectivity index (χ0) is 14.5. The molecule has 1 aromatic carbocycles. The maximum Gasteiger partial charge on any atom is 0.307 e. The van der Waals surface area contributed by atoms with Gasteiger partial charge in [0.15, 0.2) is 0 Å². The second kappa shape index (κ2) is 6.17. The van der Waals surface area contributed by atoms with Crippen molar-refractivity contribution in [1.82, 2.24) is 4.57 Å². The van der Waals surface area contributed by atoms with Crippen LogP contribution >= 0.6 is 11.3 Å². The highest BCUT2D eigenvalue weighted by atomic mass is 32.1. The van der Waals surface area contributed by atoms with Gasteiger partial charge in [-0.15, -0.1) is 0 Å². The number of hydrogen-bond acceptors (Lipinski definition) is 4. The number of nitriles is 1. The molecule has 0 spiro atoms. The lowest BCUT2D eigenvalue weighted by molar-refractivity contribution is -0.116. The van der Waals surface area contributed by atoms with Gasteiger partial charge in [0.1, 0.15) is 0 Å². The molecule has 0 bridgehead atoms. The number of carbonyl (C=O) groups is 1. The lowest BCUT2D eigenvalue weighted by atomic mass is 10.2. The standard InChI is InChI=1S/C14H13N3O2S/c1-10-9-20-14(19)17(10)6-5-13(18)16-12-4-2-3-11(7-12)8-15/h2-4,7,9H,5-6H2,1H3,(H,16,18). The van der Waals surface area contributed by atoms with E-state index < -0.39 is 0 Å². The minimum Gasteiger partial charge on any atom is -0.326 e. The number of thiazole rings is 1. The quantitative estimate of drug-likeness (QED) is 0.936. The summed E-state index contributed by atoms with van der Waals surface area (Å²) in [5, 5.41) is 13.3. The normalized spacial score (nSPS) is 10.0. The molecule has 2 rings (SSSR count). The summed E-state index contributed by atoms with van der Waals surface area (Å²) in [4.78, 5) is 23.3. The van der Waals surface area contributed by atoms with Crippen LogP contribution in [-0.2, 0) is 11.3 Å². The first-order valence-electron chi connectivity index (χ1n) is 6.05. The summed E-state index contributed by atoms with van der Waals surface area (Å²) in [5.41, 5.74) is 1.94. The Morgan fingerprint density at radius 2 is 2.30 bits per heavy atom. The molecule has 0 aliphatic heterocycles. The van der Waals surface area contributed by atoms with Crippen LogP contribution in [-0.4, -0.2) is 10.5 Å². The first-order chi connectivity index (χ1) is 9.60. The second-order valence-corrected chi connectivity index (χ2v) is 5.11. The van der Waals surface area contributed by atoms with Crippen molar-refractivity contribution >= 4 is 22.9 Å². The molecule has 1 N–H and O–H groups in total. The molecule has 0 fully saturated rings. The zero-order valence-corrected chi connectivity index (χ0v) is 11.7. The van der Waals surface area contributed by atoms with Gasteiger partial charge in [-0.3, -0.25) is 9.59 Å². The highest BCUT2D eigenvalue weighted by molar-refractivity contribution is 7.07. The van der Waals surface area contributed by atoms with Gasteiger partial charge in [0.05, 0.1) is 11.6 Å². The van der Waals surface area contributed by atoms with Gasteiger partial charge in [0.2, 0.25) is 5.91 Å². The Morgan fingerprint density at radius 1 is 1.50 bits per heavy atom. The van der Waals surface area contributed by atoms with Crippen molar-refractivity contribution in [3.05, 3.63) is 50.6 Å². The first kappa shape index (κ1) is 14.0. The van der Waals surface area contributed by atoms with E-state index in [1.807, 2.05) is 13.0 Å². The number of nitrogens with zero attached hydrogens (tertiary/aromatic N) is 2. The summed E-state index contributed by atoms with van der Waals surface area (Å²) in [7, 11) is 0. The highest BCUT2D eigenvalue weighted by Crippen LogP contribution is 2.10. The summed E-state index contributed by atoms with van der Waals surface area (Å²) < 4.78 is 1.58. The van der Waals surface area contributed by atoms with E-state index in [1.165, 1.54) is 0 Å². The maximum absolute atomic E-state index is 11.8. The van der Waals surface area contributed by atoms with E-state index in [9.17, 15) is 9.59 Å². The van der Waals surface area contributed by atoms with Crippen LogP contribution < -0.4 is 10.2 Å². The Bertz CT molecular complexity index is 725. The fraction of sp³-hybridized carbons (Fsp3) is 0.214. The molecule has 2 aromatic rings. The number of aryl methyl sites for hydroxylation is 1. The number of benzene rings is 1. The van der Waals surface area contributed by atoms with Crippen LogP contribution in [0.4, 0.5) is 5.69 Å². The molecule has 1 amide bonds. The third kappa shape index (κ3) is 3.33. The fourth-order valence-electron chi connectivity index (χ4n) is 1.78. The lowest BCUT2D eigenvalue weighted by Gasteiger charge is -2.06. The number of carbonyl (C=O) groups excluding carboxylic acids is 1. The molecular weight excluding hydrogens is 274 g/mol. The highest BCUT2D eigenvalue weighted by Gasteiger charge is 2.07. The van der Waals surface area contributed by atoms with Crippen molar-refractivity contribution in [2.75, 3.05) is 5.32 Å². The summed E-state index contributed by atoms with van der Waals surface area (Å²) in [5.74, 6) is -0.183. The topological polar surface area (TPSA) is 74.9 Å². The average Bonchev–Trinajstić information content (AvgIpc) is 2.76. The summed E-state index contributed by atoms with van der Waals surface area (Å²) in [6.07, 6.45) is 0.217. The van der Waals surface area contributed by atoms with E-state index in [1.54, 1.807) is 34.2 Å². The van der Waals surface area contributed by atoms with Gasteiger partial charge in [0, 0.05) is 29.7 Å². The molecular formula is C14H13N3O2S. The monoisotopic (exact) mass is 287 g/mol. The third-order valence-corrected chi connectivity index (χ3v) is 3.70. The fourth-order valence-corrected chi connectivity index (χ4v) is 2.54. The molecule has 1 aromatic heterocycles. The minimum atomic E-state index is -0.183. The molecule has 6 heteroatoms. The van der Waals surface area contributed by atoms with Crippen molar-refractivity contribution in [3.8, 4) is 6.07 Å². The number of hydrogen-bond donors (Lipinski definition) is 1. The molecule has 0 aliphatic carbocycles. The van der Waals surface area contributed by atoms with Gasteiger partial charge in [-0.25, -0.2) is 0 Å². The Balaban J connectivity index is 1.96. The molecule has 0 saturated carbocycles. The van der Waals surface area contributed by atoms with E-state index in [2.05, 4.69) is 5.32 Å². The predicted octanol–water partition coefficient (Wildman–Crippen LogP) is 2.12. The second-order valence-electron chi connectivity index (χ2n) is 4.29. The maximum atomic E-state index is 11.8. The van der Waals surface area contributed by atoms with Crippen LogP contribution in [0.2, 0.25) is 0 Å². The van der Waals surface area contributed by atoms with Crippen LogP contribution in [0.25, 0.3) is 0 Å². The summed E-state index contributed by atoms with van der Waals surface area (Å²) >= 11 is 1.13. The van der Waals surface area contributed by atoms with Crippen molar-refractivity contribution in [2.45, 2.75) is 19.9 Å². The predicted molar refractivity (Wildman–Crippen MR) is 77.7 cm³/mol. The van der Waals surface area contributed by atoms with E-state index >= 15 is 0 Å². The van der Waals surface area contributed by atoms with Crippen LogP contribution in [0, 0.1) is 18.3 Å². The molecule has 0 atom stereocenters. The van der Waals surface area contributed by atoms with E-state index in [0.29, 0.717) is 17.8 Å². The van der Waals surface area contributed by atoms with Crippen LogP contribution in [0.1, 0.15) is 17.7 Å². The Labute approximate surface area is 120 Å². The molecule has 1 heterocycles. The Kier molecular flexibility index (Phi) is 4.33. The summed E-state index contributed by atoms with van der Waals surface area (Å²) in [6, 6.07) is 8.73. The number of amides is 1. The van der Waals surface area contributed by atoms with Crippen LogP contribution in [0.15, 0.2) is 34.4 Å². The number of anilines is 1. The smallest absolute Gasteiger partial charge is 0.307 e. The van der Waals surface area contributed by atoms with E-state index in [-0.39, 0.29) is 17.2 Å². The number of rotatable bonds is 4. The van der Waals surface area contributed by atoms with Crippen molar-refractivity contribution in [3.63, 3.8) is 0 Å². The van der Waals surface area contributed by atoms with Crippen molar-refractivity contribution in [2.24, 2.45) is 0 Å². The minimum absolute atomic E-state index is 0.0539. The largest absolute Gasteiger partial charge is 0.326 e. The molecule has 0 unspecified atom stereocenters. The Morgan fingerprint density at radius 3 is 2.95 bits per heavy atom. The Hall–Kier alpha value is -2.39. The van der Waals surface area contributed by atoms with Gasteiger partial charge in [-0.1, -0.05) is 17.4 Å². The van der Waals surface area contributed by atoms with Gasteiger partial charge in [-0.2, -0.15) is 5.26 Å². The number of aromatic nitrogens is 1. The van der Waals surface area contributed by atoms with E-state index in [4.69, 9.17) is 5.26 Å². The first-order valence-corrected chi connectivity index (χ1v) is 6.93. The zero-order valence-electron chi connectivity index (χ0n) is 10.9. The van der Waals surface area contributed by atoms with Gasteiger partial charge in [0.25, 0.3) is 0 Å². The van der Waals surface area contributed by atoms with Crippen molar-refractivity contribution in [1.29, 1.82) is 5.26 Å². The molecule has 0 aliphatic rings. The number of nitrogens with one attached hydrogen (secondary N) is 1. The summed E-state index contributed by atoms with van der Waals surface area (Å²) in [6.45, 7) is 2.20. The van der Waals surface area contributed by atoms with E-state index in [0.717, 1.165) is 17.0 Å². The third-order valence-electron chi connectivity index (χ3n) is 2.81. The average molecular weight is 287 g/mol. The lowest BCUT2D eigenvalue weighted by Crippen LogP contribution is -2.20. The van der Waals surface area contributed by atoms with Crippen LogP contribution in [0.5, 0.6) is 0 Å².